The number of phenols is 1. The average Bonchev–Trinajstić information content (AvgIpc) is 1.94. The highest BCUT2D eigenvalue weighted by molar-refractivity contribution is 5.34. The Bertz CT molecular complexity index is 260. The fraction of sp³-hybridized carbons (Fsp3) is 0.250. The van der Waals surface area contributed by atoms with Crippen molar-refractivity contribution in [3.8, 4) is 5.75 Å². The third kappa shape index (κ3) is 1.68. The van der Waals surface area contributed by atoms with Crippen LogP contribution in [0.25, 0.3) is 0 Å². The number of aromatic hydroxyl groups is 1. The highest BCUT2D eigenvalue weighted by Gasteiger charge is 2.05. The SMILES string of the molecule is C[C@@H](N)c1cc(F)ccc1O. The van der Waals surface area contributed by atoms with E-state index in [1.807, 2.05) is 0 Å². The first-order valence-electron chi connectivity index (χ1n) is 3.35. The second-order valence-corrected chi connectivity index (χ2v) is 2.49. The van der Waals surface area contributed by atoms with Gasteiger partial charge in [-0.25, -0.2) is 4.39 Å². The Kier molecular flexibility index (Phi) is 2.10. The van der Waals surface area contributed by atoms with E-state index in [-0.39, 0.29) is 17.6 Å². The number of hydrogen-bond acceptors (Lipinski definition) is 2. The van der Waals surface area contributed by atoms with Gasteiger partial charge in [0.25, 0.3) is 0 Å². The summed E-state index contributed by atoms with van der Waals surface area (Å²) in [6.07, 6.45) is 0. The smallest absolute Gasteiger partial charge is 0.123 e. The first kappa shape index (κ1) is 8.01. The van der Waals surface area contributed by atoms with E-state index in [2.05, 4.69) is 0 Å². The van der Waals surface area contributed by atoms with Crippen molar-refractivity contribution in [2.75, 3.05) is 0 Å². The molecule has 0 saturated carbocycles. The highest BCUT2D eigenvalue weighted by Crippen LogP contribution is 2.22. The normalized spacial score (nSPS) is 13.0. The van der Waals surface area contributed by atoms with Crippen molar-refractivity contribution in [3.63, 3.8) is 0 Å². The van der Waals surface area contributed by atoms with Crippen LogP contribution in [0.15, 0.2) is 18.2 Å². The molecule has 0 radical (unpaired) electrons. The predicted octanol–water partition coefficient (Wildman–Crippen LogP) is 1.55. The molecule has 3 N–H and O–H groups in total. The number of halogens is 1. The number of phenolic OH excluding ortho intramolecular Hbond substituents is 1. The van der Waals surface area contributed by atoms with Crippen molar-refractivity contribution in [1.82, 2.24) is 0 Å². The fourth-order valence-corrected chi connectivity index (χ4v) is 0.890. The van der Waals surface area contributed by atoms with E-state index >= 15 is 0 Å². The van der Waals surface area contributed by atoms with Crippen LogP contribution in [0.4, 0.5) is 4.39 Å². The molecular weight excluding hydrogens is 145 g/mol. The standard InChI is InChI=1S/C8H10FNO/c1-5(10)7-4-6(9)2-3-8(7)11/h2-5,11H,10H2,1H3/t5-/m1/s1. The summed E-state index contributed by atoms with van der Waals surface area (Å²) in [6, 6.07) is 3.39. The van der Waals surface area contributed by atoms with Crippen LogP contribution in [0, 0.1) is 5.82 Å². The summed E-state index contributed by atoms with van der Waals surface area (Å²) in [7, 11) is 0. The third-order valence-electron chi connectivity index (χ3n) is 1.48. The lowest BCUT2D eigenvalue weighted by Crippen LogP contribution is -2.05. The molecule has 3 heteroatoms. The molecule has 0 fully saturated rings. The van der Waals surface area contributed by atoms with E-state index in [0.717, 1.165) is 0 Å². The first-order chi connectivity index (χ1) is 5.11. The maximum absolute atomic E-state index is 12.5. The van der Waals surface area contributed by atoms with Crippen LogP contribution in [-0.2, 0) is 0 Å². The Morgan fingerprint density at radius 3 is 2.64 bits per heavy atom. The van der Waals surface area contributed by atoms with Gasteiger partial charge < -0.3 is 10.8 Å². The van der Waals surface area contributed by atoms with Gasteiger partial charge in [0, 0.05) is 11.6 Å². The second kappa shape index (κ2) is 2.88. The van der Waals surface area contributed by atoms with Crippen LogP contribution in [0.1, 0.15) is 18.5 Å². The van der Waals surface area contributed by atoms with Gasteiger partial charge in [-0.2, -0.15) is 0 Å². The van der Waals surface area contributed by atoms with Crippen LogP contribution < -0.4 is 5.73 Å². The molecule has 0 aliphatic carbocycles. The molecule has 60 valence electrons. The lowest BCUT2D eigenvalue weighted by atomic mass is 10.1. The van der Waals surface area contributed by atoms with Gasteiger partial charge >= 0.3 is 0 Å². The summed E-state index contributed by atoms with van der Waals surface area (Å²) >= 11 is 0. The Labute approximate surface area is 64.5 Å². The van der Waals surface area contributed by atoms with Crippen molar-refractivity contribution in [2.45, 2.75) is 13.0 Å². The Morgan fingerprint density at radius 2 is 2.18 bits per heavy atom. The summed E-state index contributed by atoms with van der Waals surface area (Å²) in [5.74, 6) is -0.337. The summed E-state index contributed by atoms with van der Waals surface area (Å²) in [4.78, 5) is 0. The van der Waals surface area contributed by atoms with Gasteiger partial charge in [0.05, 0.1) is 0 Å². The number of rotatable bonds is 1. The van der Waals surface area contributed by atoms with Crippen molar-refractivity contribution in [3.05, 3.63) is 29.6 Å². The molecule has 0 heterocycles. The van der Waals surface area contributed by atoms with Crippen molar-refractivity contribution >= 4 is 0 Å². The zero-order valence-electron chi connectivity index (χ0n) is 6.21. The van der Waals surface area contributed by atoms with Gasteiger partial charge in [-0.1, -0.05) is 0 Å². The molecule has 0 spiro atoms. The van der Waals surface area contributed by atoms with Gasteiger partial charge in [-0.15, -0.1) is 0 Å². The zero-order valence-corrected chi connectivity index (χ0v) is 6.21. The quantitative estimate of drug-likeness (QED) is 0.646. The monoisotopic (exact) mass is 155 g/mol. The lowest BCUT2D eigenvalue weighted by molar-refractivity contribution is 0.461. The minimum absolute atomic E-state index is 0.0430. The second-order valence-electron chi connectivity index (χ2n) is 2.49. The molecule has 1 rings (SSSR count). The van der Waals surface area contributed by atoms with Crippen LogP contribution in [0.2, 0.25) is 0 Å². The highest BCUT2D eigenvalue weighted by atomic mass is 19.1. The van der Waals surface area contributed by atoms with E-state index in [4.69, 9.17) is 10.8 Å². The van der Waals surface area contributed by atoms with Crippen molar-refractivity contribution in [1.29, 1.82) is 0 Å². The molecule has 0 unspecified atom stereocenters. The average molecular weight is 155 g/mol. The minimum atomic E-state index is -0.380. The number of benzene rings is 1. The molecule has 0 bridgehead atoms. The van der Waals surface area contributed by atoms with Gasteiger partial charge in [0.2, 0.25) is 0 Å². The maximum Gasteiger partial charge on any atom is 0.123 e. The fourth-order valence-electron chi connectivity index (χ4n) is 0.890. The zero-order chi connectivity index (χ0) is 8.43. The van der Waals surface area contributed by atoms with E-state index in [1.165, 1.54) is 18.2 Å². The Hall–Kier alpha value is -1.09. The molecule has 0 aliphatic heterocycles. The Morgan fingerprint density at radius 1 is 1.55 bits per heavy atom. The molecule has 2 nitrogen and oxygen atoms in total. The van der Waals surface area contributed by atoms with E-state index in [1.54, 1.807) is 6.92 Å². The van der Waals surface area contributed by atoms with Crippen molar-refractivity contribution < 1.29 is 9.50 Å². The van der Waals surface area contributed by atoms with Crippen LogP contribution >= 0.6 is 0 Å². The van der Waals surface area contributed by atoms with E-state index in [0.29, 0.717) is 5.56 Å². The van der Waals surface area contributed by atoms with E-state index in [9.17, 15) is 4.39 Å². The first-order valence-corrected chi connectivity index (χ1v) is 3.35. The van der Waals surface area contributed by atoms with Gasteiger partial charge in [-0.3, -0.25) is 0 Å². The van der Waals surface area contributed by atoms with Crippen molar-refractivity contribution in [2.24, 2.45) is 5.73 Å². The Balaban J connectivity index is 3.13. The molecule has 0 aromatic heterocycles. The predicted molar refractivity (Wildman–Crippen MR) is 40.7 cm³/mol. The molecule has 11 heavy (non-hydrogen) atoms. The number of hydrogen-bond donors (Lipinski definition) is 2. The molecular formula is C8H10FNO. The van der Waals surface area contributed by atoms with E-state index < -0.39 is 0 Å². The minimum Gasteiger partial charge on any atom is -0.508 e. The molecule has 1 aromatic carbocycles. The van der Waals surface area contributed by atoms with Gasteiger partial charge in [0.15, 0.2) is 0 Å². The molecule has 0 saturated heterocycles. The lowest BCUT2D eigenvalue weighted by Gasteiger charge is -2.07. The van der Waals surface area contributed by atoms with Gasteiger partial charge in [-0.05, 0) is 25.1 Å². The molecule has 0 amide bonds. The summed E-state index contributed by atoms with van der Waals surface area (Å²) in [5, 5.41) is 9.16. The van der Waals surface area contributed by atoms with Gasteiger partial charge in [0.1, 0.15) is 11.6 Å². The molecule has 1 atom stereocenters. The number of nitrogens with two attached hydrogens (primary N) is 1. The largest absolute Gasteiger partial charge is 0.508 e. The molecule has 1 aromatic rings. The maximum atomic E-state index is 12.5. The third-order valence-corrected chi connectivity index (χ3v) is 1.48. The van der Waals surface area contributed by atoms with Crippen LogP contribution in [0.5, 0.6) is 5.75 Å². The summed E-state index contributed by atoms with van der Waals surface area (Å²) < 4.78 is 12.5. The summed E-state index contributed by atoms with van der Waals surface area (Å²) in [6.45, 7) is 1.69. The summed E-state index contributed by atoms with van der Waals surface area (Å²) in [5.41, 5.74) is 5.89. The topological polar surface area (TPSA) is 46.2 Å². The van der Waals surface area contributed by atoms with Crippen LogP contribution in [-0.4, -0.2) is 5.11 Å². The molecule has 0 aliphatic rings. The van der Waals surface area contributed by atoms with Crippen LogP contribution in [0.3, 0.4) is 0 Å².